The standard InChI is InChI=1S/C18H12N2O2/c1-2-21-13-7-8-15-17(9-13)22-16-6-4-3-5-14(16)18(15)12(10-19)11-20/h3-9H,2H2,1H3. The van der Waals surface area contributed by atoms with Gasteiger partial charge in [-0.05, 0) is 25.1 Å². The summed E-state index contributed by atoms with van der Waals surface area (Å²) in [6.07, 6.45) is 0. The number of allylic oxidation sites excluding steroid dienone is 1. The molecule has 0 fully saturated rings. The number of benzene rings is 2. The second-order valence-electron chi connectivity index (χ2n) is 4.66. The van der Waals surface area contributed by atoms with Crippen LogP contribution < -0.4 is 9.47 Å². The van der Waals surface area contributed by atoms with Crippen LogP contribution in [0.3, 0.4) is 0 Å². The lowest BCUT2D eigenvalue weighted by Gasteiger charge is -2.23. The number of nitrogens with zero attached hydrogens (tertiary/aromatic N) is 2. The van der Waals surface area contributed by atoms with Gasteiger partial charge in [-0.1, -0.05) is 18.2 Å². The quantitative estimate of drug-likeness (QED) is 0.667. The van der Waals surface area contributed by atoms with Gasteiger partial charge in [-0.15, -0.1) is 0 Å². The van der Waals surface area contributed by atoms with Gasteiger partial charge in [-0.25, -0.2) is 0 Å². The molecule has 0 N–H and O–H groups in total. The summed E-state index contributed by atoms with van der Waals surface area (Å²) in [7, 11) is 0. The van der Waals surface area contributed by atoms with Crippen molar-refractivity contribution in [1.29, 1.82) is 10.5 Å². The Bertz CT molecular complexity index is 838. The van der Waals surface area contributed by atoms with Gasteiger partial charge in [0, 0.05) is 22.8 Å². The van der Waals surface area contributed by atoms with E-state index in [4.69, 9.17) is 9.47 Å². The summed E-state index contributed by atoms with van der Waals surface area (Å²) in [6, 6.07) is 16.7. The second kappa shape index (κ2) is 5.63. The van der Waals surface area contributed by atoms with Gasteiger partial charge in [-0.3, -0.25) is 0 Å². The molecule has 1 aliphatic rings. The summed E-state index contributed by atoms with van der Waals surface area (Å²) in [6.45, 7) is 2.46. The number of ether oxygens (including phenoxy) is 2. The zero-order chi connectivity index (χ0) is 15.5. The van der Waals surface area contributed by atoms with Crippen molar-refractivity contribution in [2.24, 2.45) is 0 Å². The normalized spacial score (nSPS) is 11.3. The Morgan fingerprint density at radius 1 is 1.05 bits per heavy atom. The van der Waals surface area contributed by atoms with Crippen molar-refractivity contribution < 1.29 is 9.47 Å². The van der Waals surface area contributed by atoms with Crippen LogP contribution >= 0.6 is 0 Å². The molecule has 0 aliphatic carbocycles. The molecule has 1 aliphatic heterocycles. The zero-order valence-corrected chi connectivity index (χ0v) is 12.0. The van der Waals surface area contributed by atoms with Gasteiger partial charge >= 0.3 is 0 Å². The Labute approximate surface area is 128 Å². The van der Waals surface area contributed by atoms with Crippen LogP contribution in [-0.4, -0.2) is 6.61 Å². The molecule has 106 valence electrons. The molecule has 2 aromatic rings. The maximum Gasteiger partial charge on any atom is 0.139 e. The third-order valence-electron chi connectivity index (χ3n) is 3.38. The molecule has 0 bridgehead atoms. The smallest absolute Gasteiger partial charge is 0.139 e. The van der Waals surface area contributed by atoms with E-state index in [1.54, 1.807) is 6.07 Å². The lowest BCUT2D eigenvalue weighted by Crippen LogP contribution is -2.04. The minimum atomic E-state index is 0.0705. The predicted molar refractivity (Wildman–Crippen MR) is 81.4 cm³/mol. The van der Waals surface area contributed by atoms with Gasteiger partial charge in [0.1, 0.15) is 35.0 Å². The fourth-order valence-corrected chi connectivity index (χ4v) is 2.48. The Hall–Kier alpha value is -3.24. The van der Waals surface area contributed by atoms with Crippen molar-refractivity contribution in [2.45, 2.75) is 6.92 Å². The number of fused-ring (bicyclic) bond motifs is 2. The van der Waals surface area contributed by atoms with Gasteiger partial charge in [0.2, 0.25) is 0 Å². The van der Waals surface area contributed by atoms with Crippen molar-refractivity contribution >= 4 is 5.57 Å². The molecule has 0 saturated heterocycles. The molecule has 4 nitrogen and oxygen atoms in total. The molecule has 0 amide bonds. The van der Waals surface area contributed by atoms with E-state index in [0.29, 0.717) is 29.4 Å². The molecule has 0 radical (unpaired) electrons. The first kappa shape index (κ1) is 13.7. The molecule has 0 saturated carbocycles. The third-order valence-corrected chi connectivity index (χ3v) is 3.38. The van der Waals surface area contributed by atoms with E-state index in [1.165, 1.54) is 0 Å². The van der Waals surface area contributed by atoms with Crippen molar-refractivity contribution in [3.63, 3.8) is 0 Å². The molecule has 0 atom stereocenters. The number of para-hydroxylation sites is 1. The summed E-state index contributed by atoms with van der Waals surface area (Å²) in [5, 5.41) is 18.5. The SMILES string of the molecule is CCOc1ccc2c(c1)Oc1ccccc1C2=C(C#N)C#N. The average Bonchev–Trinajstić information content (AvgIpc) is 2.55. The van der Waals surface area contributed by atoms with Crippen LogP contribution in [0.4, 0.5) is 0 Å². The molecule has 3 rings (SSSR count). The third kappa shape index (κ3) is 2.17. The molecule has 0 unspecified atom stereocenters. The monoisotopic (exact) mass is 288 g/mol. The van der Waals surface area contributed by atoms with Crippen molar-refractivity contribution in [2.75, 3.05) is 6.61 Å². The van der Waals surface area contributed by atoms with Crippen molar-refractivity contribution in [3.05, 3.63) is 59.2 Å². The van der Waals surface area contributed by atoms with E-state index in [-0.39, 0.29) is 5.57 Å². The Balaban J connectivity index is 2.27. The summed E-state index contributed by atoms with van der Waals surface area (Å²) in [5.74, 6) is 1.90. The molecule has 1 heterocycles. The minimum Gasteiger partial charge on any atom is -0.494 e. The first-order valence-electron chi connectivity index (χ1n) is 6.87. The van der Waals surface area contributed by atoms with Crippen LogP contribution in [0.15, 0.2) is 48.0 Å². The molecule has 22 heavy (non-hydrogen) atoms. The van der Waals surface area contributed by atoms with Gasteiger partial charge in [0.15, 0.2) is 0 Å². The van der Waals surface area contributed by atoms with Gasteiger partial charge in [0.05, 0.1) is 6.61 Å². The van der Waals surface area contributed by atoms with Crippen LogP contribution in [0, 0.1) is 22.7 Å². The van der Waals surface area contributed by atoms with E-state index in [9.17, 15) is 10.5 Å². The number of hydrogen-bond donors (Lipinski definition) is 0. The molecular weight excluding hydrogens is 276 g/mol. The minimum absolute atomic E-state index is 0.0705. The highest BCUT2D eigenvalue weighted by atomic mass is 16.5. The first-order chi connectivity index (χ1) is 10.8. The molecular formula is C18H12N2O2. The number of rotatable bonds is 2. The second-order valence-corrected chi connectivity index (χ2v) is 4.66. The lowest BCUT2D eigenvalue weighted by atomic mass is 9.90. The first-order valence-corrected chi connectivity index (χ1v) is 6.87. The predicted octanol–water partition coefficient (Wildman–Crippen LogP) is 4.04. The van der Waals surface area contributed by atoms with Crippen LogP contribution in [0.2, 0.25) is 0 Å². The molecule has 4 heteroatoms. The summed E-state index contributed by atoms with van der Waals surface area (Å²) >= 11 is 0. The Morgan fingerprint density at radius 2 is 1.77 bits per heavy atom. The lowest BCUT2D eigenvalue weighted by molar-refractivity contribution is 0.338. The summed E-state index contributed by atoms with van der Waals surface area (Å²) < 4.78 is 11.4. The summed E-state index contributed by atoms with van der Waals surface area (Å²) in [5.41, 5.74) is 2.14. The Morgan fingerprint density at radius 3 is 2.50 bits per heavy atom. The maximum absolute atomic E-state index is 9.27. The van der Waals surface area contributed by atoms with Gasteiger partial charge in [-0.2, -0.15) is 10.5 Å². The highest BCUT2D eigenvalue weighted by molar-refractivity contribution is 5.93. The van der Waals surface area contributed by atoms with E-state index in [2.05, 4.69) is 0 Å². The van der Waals surface area contributed by atoms with Crippen molar-refractivity contribution in [1.82, 2.24) is 0 Å². The Kier molecular flexibility index (Phi) is 3.52. The van der Waals surface area contributed by atoms with Crippen LogP contribution in [0.1, 0.15) is 18.1 Å². The zero-order valence-electron chi connectivity index (χ0n) is 12.0. The van der Waals surface area contributed by atoms with E-state index in [1.807, 2.05) is 55.5 Å². The van der Waals surface area contributed by atoms with Gasteiger partial charge in [0.25, 0.3) is 0 Å². The van der Waals surface area contributed by atoms with Crippen LogP contribution in [-0.2, 0) is 0 Å². The van der Waals surface area contributed by atoms with Crippen LogP contribution in [0.5, 0.6) is 17.2 Å². The topological polar surface area (TPSA) is 66.0 Å². The number of nitriles is 2. The molecule has 0 spiro atoms. The molecule has 0 aromatic heterocycles. The maximum atomic E-state index is 9.27. The highest BCUT2D eigenvalue weighted by Crippen LogP contribution is 2.45. The van der Waals surface area contributed by atoms with E-state index in [0.717, 1.165) is 11.1 Å². The fourth-order valence-electron chi connectivity index (χ4n) is 2.48. The molecule has 2 aromatic carbocycles. The summed E-state index contributed by atoms with van der Waals surface area (Å²) in [4.78, 5) is 0. The average molecular weight is 288 g/mol. The fraction of sp³-hybridized carbons (Fsp3) is 0.111. The van der Waals surface area contributed by atoms with E-state index < -0.39 is 0 Å². The van der Waals surface area contributed by atoms with Crippen molar-refractivity contribution in [3.8, 4) is 29.4 Å². The highest BCUT2D eigenvalue weighted by Gasteiger charge is 2.25. The largest absolute Gasteiger partial charge is 0.494 e. The van der Waals surface area contributed by atoms with Crippen LogP contribution in [0.25, 0.3) is 5.57 Å². The van der Waals surface area contributed by atoms with E-state index >= 15 is 0 Å². The number of hydrogen-bond acceptors (Lipinski definition) is 4. The van der Waals surface area contributed by atoms with Gasteiger partial charge < -0.3 is 9.47 Å².